The molecular formula is C18H20N2O7S. The fourth-order valence-electron chi connectivity index (χ4n) is 2.25. The van der Waals surface area contributed by atoms with E-state index >= 15 is 0 Å². The average Bonchev–Trinajstić information content (AvgIpc) is 2.65. The summed E-state index contributed by atoms with van der Waals surface area (Å²) in [5.41, 5.74) is 0.429. The van der Waals surface area contributed by atoms with Crippen LogP contribution in [0.1, 0.15) is 10.4 Å². The Labute approximate surface area is 162 Å². The van der Waals surface area contributed by atoms with Crippen LogP contribution in [0.4, 0.5) is 11.4 Å². The Bertz CT molecular complexity index is 974. The molecule has 9 nitrogen and oxygen atoms in total. The van der Waals surface area contributed by atoms with Crippen LogP contribution in [-0.2, 0) is 19.6 Å². The first-order chi connectivity index (χ1) is 13.2. The number of anilines is 2. The number of carbonyl (C=O) groups is 2. The number of para-hydroxylation sites is 1. The van der Waals surface area contributed by atoms with Gasteiger partial charge in [-0.3, -0.25) is 9.52 Å². The zero-order valence-corrected chi connectivity index (χ0v) is 16.3. The van der Waals surface area contributed by atoms with Crippen LogP contribution in [0.15, 0.2) is 42.5 Å². The van der Waals surface area contributed by atoms with E-state index in [0.717, 1.165) is 6.26 Å². The summed E-state index contributed by atoms with van der Waals surface area (Å²) in [6, 6.07) is 10.7. The predicted molar refractivity (Wildman–Crippen MR) is 103 cm³/mol. The molecule has 0 aromatic heterocycles. The van der Waals surface area contributed by atoms with Gasteiger partial charge in [-0.15, -0.1) is 0 Å². The number of carbonyl (C=O) groups excluding carboxylic acids is 2. The fraction of sp³-hybridized carbons (Fsp3) is 0.222. The van der Waals surface area contributed by atoms with Gasteiger partial charge in [0, 0.05) is 6.07 Å². The first kappa shape index (κ1) is 21.0. The highest BCUT2D eigenvalue weighted by Crippen LogP contribution is 2.29. The van der Waals surface area contributed by atoms with E-state index in [1.165, 1.54) is 26.4 Å². The Balaban J connectivity index is 2.03. The average molecular weight is 408 g/mol. The van der Waals surface area contributed by atoms with Gasteiger partial charge in [-0.25, -0.2) is 13.2 Å². The van der Waals surface area contributed by atoms with Crippen LogP contribution in [0.5, 0.6) is 11.5 Å². The monoisotopic (exact) mass is 408 g/mol. The number of benzene rings is 2. The van der Waals surface area contributed by atoms with Crippen molar-refractivity contribution in [2.24, 2.45) is 0 Å². The maximum absolute atomic E-state index is 12.2. The topological polar surface area (TPSA) is 120 Å². The van der Waals surface area contributed by atoms with Crippen molar-refractivity contribution in [3.8, 4) is 11.5 Å². The van der Waals surface area contributed by atoms with Gasteiger partial charge in [-0.2, -0.15) is 0 Å². The molecule has 2 N–H and O–H groups in total. The number of hydrogen-bond donors (Lipinski definition) is 2. The Kier molecular flexibility index (Phi) is 6.83. The van der Waals surface area contributed by atoms with Crippen LogP contribution in [0.3, 0.4) is 0 Å². The van der Waals surface area contributed by atoms with Crippen LogP contribution < -0.4 is 19.5 Å². The molecule has 0 aliphatic rings. The minimum atomic E-state index is -3.58. The molecule has 2 rings (SSSR count). The summed E-state index contributed by atoms with van der Waals surface area (Å²) in [5.74, 6) is -0.507. The third-order valence-electron chi connectivity index (χ3n) is 3.46. The molecule has 0 saturated carbocycles. The second-order valence-corrected chi connectivity index (χ2v) is 7.36. The second-order valence-electron chi connectivity index (χ2n) is 5.61. The zero-order valence-electron chi connectivity index (χ0n) is 15.5. The Hall–Kier alpha value is -3.27. The summed E-state index contributed by atoms with van der Waals surface area (Å²) in [4.78, 5) is 24.3. The van der Waals surface area contributed by atoms with Crippen LogP contribution in [0, 0.1) is 0 Å². The molecule has 2 aromatic carbocycles. The summed E-state index contributed by atoms with van der Waals surface area (Å²) < 4.78 is 40.3. The lowest BCUT2D eigenvalue weighted by molar-refractivity contribution is -0.119. The SMILES string of the molecule is COc1ccc(NC(=O)COC(=O)c2ccccc2NS(C)(=O)=O)c(OC)c1. The van der Waals surface area contributed by atoms with E-state index in [9.17, 15) is 18.0 Å². The highest BCUT2D eigenvalue weighted by molar-refractivity contribution is 7.92. The number of sulfonamides is 1. The molecule has 0 spiro atoms. The molecular weight excluding hydrogens is 388 g/mol. The fourth-order valence-corrected chi connectivity index (χ4v) is 2.82. The number of hydrogen-bond acceptors (Lipinski definition) is 7. The highest BCUT2D eigenvalue weighted by atomic mass is 32.2. The molecule has 0 unspecified atom stereocenters. The van der Waals surface area contributed by atoms with Crippen molar-refractivity contribution in [2.45, 2.75) is 0 Å². The lowest BCUT2D eigenvalue weighted by Crippen LogP contribution is -2.22. The van der Waals surface area contributed by atoms with E-state index in [1.807, 2.05) is 0 Å². The third kappa shape index (κ3) is 5.88. The lowest BCUT2D eigenvalue weighted by atomic mass is 10.2. The van der Waals surface area contributed by atoms with Gasteiger partial charge in [0.05, 0.1) is 37.4 Å². The number of amides is 1. The quantitative estimate of drug-likeness (QED) is 0.640. The molecule has 0 fully saturated rings. The minimum absolute atomic E-state index is 0.0113. The third-order valence-corrected chi connectivity index (χ3v) is 4.05. The van der Waals surface area contributed by atoms with Gasteiger partial charge in [0.25, 0.3) is 5.91 Å². The van der Waals surface area contributed by atoms with Gasteiger partial charge in [-0.1, -0.05) is 12.1 Å². The van der Waals surface area contributed by atoms with Crippen molar-refractivity contribution in [3.05, 3.63) is 48.0 Å². The Morgan fingerprint density at radius 1 is 1.00 bits per heavy atom. The summed E-state index contributed by atoms with van der Waals surface area (Å²) in [6.45, 7) is -0.568. The smallest absolute Gasteiger partial charge is 0.340 e. The molecule has 0 aliphatic heterocycles. The lowest BCUT2D eigenvalue weighted by Gasteiger charge is -2.12. The van der Waals surface area contributed by atoms with Crippen molar-refractivity contribution in [1.82, 2.24) is 0 Å². The molecule has 0 saturated heterocycles. The zero-order chi connectivity index (χ0) is 20.7. The van der Waals surface area contributed by atoms with Crippen molar-refractivity contribution in [2.75, 3.05) is 37.1 Å². The largest absolute Gasteiger partial charge is 0.497 e. The molecule has 0 bridgehead atoms. The first-order valence-electron chi connectivity index (χ1n) is 7.99. The maximum Gasteiger partial charge on any atom is 0.340 e. The minimum Gasteiger partial charge on any atom is -0.497 e. The van der Waals surface area contributed by atoms with Crippen LogP contribution >= 0.6 is 0 Å². The van der Waals surface area contributed by atoms with Gasteiger partial charge in [0.2, 0.25) is 10.0 Å². The molecule has 1 amide bonds. The summed E-state index contributed by atoms with van der Waals surface area (Å²) in [5, 5.41) is 2.56. The standard InChI is InChI=1S/C18H20N2O7S/c1-25-12-8-9-15(16(10-12)26-2)19-17(21)11-27-18(22)13-6-4-5-7-14(13)20-28(3,23)24/h4-10,20H,11H2,1-3H3,(H,19,21). The van der Waals surface area contributed by atoms with Crippen molar-refractivity contribution < 1.29 is 32.2 Å². The molecule has 10 heteroatoms. The van der Waals surface area contributed by atoms with Crippen molar-refractivity contribution in [1.29, 1.82) is 0 Å². The number of methoxy groups -OCH3 is 2. The van der Waals surface area contributed by atoms with Gasteiger partial charge in [0.15, 0.2) is 6.61 Å². The molecule has 2 aromatic rings. The normalized spacial score (nSPS) is 10.7. The summed E-state index contributed by atoms with van der Waals surface area (Å²) in [6.07, 6.45) is 0.963. The highest BCUT2D eigenvalue weighted by Gasteiger charge is 2.17. The molecule has 28 heavy (non-hydrogen) atoms. The number of rotatable bonds is 8. The second kappa shape index (κ2) is 9.09. The van der Waals surface area contributed by atoms with E-state index < -0.39 is 28.5 Å². The van der Waals surface area contributed by atoms with Crippen molar-refractivity contribution in [3.63, 3.8) is 0 Å². The molecule has 0 heterocycles. The Morgan fingerprint density at radius 3 is 2.36 bits per heavy atom. The maximum atomic E-state index is 12.2. The van der Waals surface area contributed by atoms with E-state index in [2.05, 4.69) is 10.0 Å². The van der Waals surface area contributed by atoms with Gasteiger partial charge < -0.3 is 19.5 Å². The molecule has 0 aliphatic carbocycles. The first-order valence-corrected chi connectivity index (χ1v) is 9.88. The van der Waals surface area contributed by atoms with E-state index in [0.29, 0.717) is 17.2 Å². The molecule has 0 radical (unpaired) electrons. The van der Waals surface area contributed by atoms with Crippen LogP contribution in [0.25, 0.3) is 0 Å². The van der Waals surface area contributed by atoms with E-state index in [4.69, 9.17) is 14.2 Å². The summed E-state index contributed by atoms with van der Waals surface area (Å²) in [7, 11) is -0.636. The van der Waals surface area contributed by atoms with E-state index in [-0.39, 0.29) is 11.3 Å². The van der Waals surface area contributed by atoms with Crippen molar-refractivity contribution >= 4 is 33.3 Å². The number of ether oxygens (including phenoxy) is 3. The predicted octanol–water partition coefficient (Wildman–Crippen LogP) is 1.87. The van der Waals surface area contributed by atoms with E-state index in [1.54, 1.807) is 30.3 Å². The van der Waals surface area contributed by atoms with Crippen LogP contribution in [0.2, 0.25) is 0 Å². The van der Waals surface area contributed by atoms with Gasteiger partial charge >= 0.3 is 5.97 Å². The number of nitrogens with one attached hydrogen (secondary N) is 2. The molecule has 150 valence electrons. The number of esters is 1. The Morgan fingerprint density at radius 2 is 1.71 bits per heavy atom. The summed E-state index contributed by atoms with van der Waals surface area (Å²) >= 11 is 0. The van der Waals surface area contributed by atoms with Crippen LogP contribution in [-0.4, -0.2) is 47.4 Å². The molecule has 0 atom stereocenters. The van der Waals surface area contributed by atoms with Gasteiger partial charge in [0.1, 0.15) is 11.5 Å². The van der Waals surface area contributed by atoms with Gasteiger partial charge in [-0.05, 0) is 24.3 Å².